The first-order valence-corrected chi connectivity index (χ1v) is 17.9. The Hall–Kier alpha value is -3.03. The summed E-state index contributed by atoms with van der Waals surface area (Å²) in [5.41, 5.74) is 0.742. The van der Waals surface area contributed by atoms with Gasteiger partial charge in [0.05, 0.1) is 37.1 Å². The summed E-state index contributed by atoms with van der Waals surface area (Å²) >= 11 is 4.95. The van der Waals surface area contributed by atoms with Crippen molar-refractivity contribution in [2.75, 3.05) is 74.2 Å². The Morgan fingerprint density at radius 3 is 0.958 bits per heavy atom. The van der Waals surface area contributed by atoms with Gasteiger partial charge in [-0.25, -0.2) is 28.8 Å². The molecule has 18 heteroatoms. The third kappa shape index (κ3) is 21.0. The molecule has 0 amide bonds. The molecule has 48 heavy (non-hydrogen) atoms. The highest BCUT2D eigenvalue weighted by molar-refractivity contribution is 7.99. The number of hydrogen-bond donors (Lipinski definition) is 0. The molecule has 0 aromatic carbocycles. The van der Waals surface area contributed by atoms with Crippen LogP contribution < -0.4 is 0 Å². The Morgan fingerprint density at radius 2 is 0.771 bits per heavy atom. The lowest BCUT2D eigenvalue weighted by Gasteiger charge is -2.21. The number of thioether (sulfide) groups is 3. The smallest absolute Gasteiger partial charge is 0.346 e. The van der Waals surface area contributed by atoms with Gasteiger partial charge in [-0.2, -0.15) is 35.3 Å². The maximum absolute atomic E-state index is 11.2. The van der Waals surface area contributed by atoms with E-state index in [0.717, 1.165) is 17.3 Å². The summed E-state index contributed by atoms with van der Waals surface area (Å²) in [7, 11) is 0. The molecule has 3 atom stereocenters. The van der Waals surface area contributed by atoms with Crippen LogP contribution in [0.1, 0.15) is 20.8 Å². The summed E-state index contributed by atoms with van der Waals surface area (Å²) in [6.45, 7) is 15.2. The third-order valence-electron chi connectivity index (χ3n) is 5.15. The van der Waals surface area contributed by atoms with E-state index in [1.165, 1.54) is 20.8 Å². The fourth-order valence-electron chi connectivity index (χ4n) is 2.89. The van der Waals surface area contributed by atoms with Crippen LogP contribution in [0.25, 0.3) is 0 Å². The van der Waals surface area contributed by atoms with E-state index in [0.29, 0.717) is 37.1 Å². The van der Waals surface area contributed by atoms with Gasteiger partial charge in [-0.05, 0) is 20.8 Å². The number of esters is 6. The van der Waals surface area contributed by atoms with Crippen molar-refractivity contribution in [2.24, 2.45) is 0 Å². The van der Waals surface area contributed by atoms with Crippen LogP contribution >= 0.6 is 35.3 Å². The van der Waals surface area contributed by atoms with Crippen molar-refractivity contribution in [2.45, 2.75) is 39.6 Å². The highest BCUT2D eigenvalue weighted by Crippen LogP contribution is 2.15. The average molecular weight is 739 g/mol. The molecular weight excluding hydrogens is 697 g/mol. The first-order valence-electron chi connectivity index (χ1n) is 14.4. The number of rotatable bonds is 12. The molecule has 0 spiro atoms. The molecule has 3 fully saturated rings. The summed E-state index contributed by atoms with van der Waals surface area (Å²) < 4.78 is 44.2. The Labute approximate surface area is 292 Å². The van der Waals surface area contributed by atoms with Gasteiger partial charge in [-0.1, -0.05) is 19.7 Å². The molecule has 0 aromatic heterocycles. The molecule has 15 nitrogen and oxygen atoms in total. The summed E-state index contributed by atoms with van der Waals surface area (Å²) in [4.78, 5) is 66.6. The maximum atomic E-state index is 11.2. The topological polar surface area (TPSA) is 185 Å². The average Bonchev–Trinajstić information content (AvgIpc) is 3.06. The summed E-state index contributed by atoms with van der Waals surface area (Å²) in [6.07, 6.45) is -1.60. The van der Waals surface area contributed by atoms with Crippen molar-refractivity contribution in [3.63, 3.8) is 0 Å². The van der Waals surface area contributed by atoms with Gasteiger partial charge in [0.25, 0.3) is 0 Å². The van der Waals surface area contributed by atoms with Crippen LogP contribution in [0.2, 0.25) is 0 Å². The van der Waals surface area contributed by atoms with Gasteiger partial charge in [0.15, 0.2) is 19.8 Å². The molecule has 270 valence electrons. The second-order valence-electron chi connectivity index (χ2n) is 9.66. The minimum atomic E-state index is -0.609. The number of carbonyl (C=O) groups is 6. The Kier molecular flexibility index (Phi) is 22.4. The predicted octanol–water partition coefficient (Wildman–Crippen LogP) is 2.22. The van der Waals surface area contributed by atoms with Gasteiger partial charge in [-0.3, -0.25) is 0 Å². The molecule has 0 N–H and O–H groups in total. The minimum absolute atomic E-state index is 0.247. The molecule has 0 saturated carbocycles. The molecule has 0 aromatic rings. The van der Waals surface area contributed by atoms with Crippen LogP contribution in [0.4, 0.5) is 0 Å². The van der Waals surface area contributed by atoms with Gasteiger partial charge in [0, 0.05) is 34.0 Å². The van der Waals surface area contributed by atoms with Crippen LogP contribution in [0.15, 0.2) is 36.5 Å². The van der Waals surface area contributed by atoms with Gasteiger partial charge in [0.1, 0.15) is 0 Å². The lowest BCUT2D eigenvalue weighted by Crippen LogP contribution is -2.30. The lowest BCUT2D eigenvalue weighted by atomic mass is 10.4. The molecule has 3 heterocycles. The van der Waals surface area contributed by atoms with Crippen molar-refractivity contribution >= 4 is 71.1 Å². The second kappa shape index (κ2) is 25.0. The monoisotopic (exact) mass is 738 g/mol. The fourth-order valence-corrected chi connectivity index (χ4v) is 5.10. The molecule has 3 unspecified atom stereocenters. The van der Waals surface area contributed by atoms with E-state index in [2.05, 4.69) is 33.9 Å². The molecule has 0 radical (unpaired) electrons. The van der Waals surface area contributed by atoms with Gasteiger partial charge in [-0.15, -0.1) is 0 Å². The molecule has 3 aliphatic rings. The molecule has 3 aliphatic heterocycles. The quantitative estimate of drug-likeness (QED) is 0.161. The van der Waals surface area contributed by atoms with Gasteiger partial charge >= 0.3 is 35.8 Å². The highest BCUT2D eigenvalue weighted by atomic mass is 32.2. The largest absolute Gasteiger partial charge is 0.450 e. The van der Waals surface area contributed by atoms with Crippen molar-refractivity contribution in [1.29, 1.82) is 0 Å². The SMILES string of the molecule is C=C(C)C(=O)OCC(=O)OC1CSCCO1.C=C(C)C(=O)OCC(=O)OC1CSCCO1.C=C(C)C(=O)OCC(=O)OC1CSCCO1. The van der Waals surface area contributed by atoms with Crippen LogP contribution in [-0.2, 0) is 71.4 Å². The predicted molar refractivity (Wildman–Crippen MR) is 177 cm³/mol. The first-order chi connectivity index (χ1) is 22.8. The van der Waals surface area contributed by atoms with E-state index in [4.69, 9.17) is 28.4 Å². The van der Waals surface area contributed by atoms with Gasteiger partial charge < -0.3 is 42.6 Å². The van der Waals surface area contributed by atoms with E-state index >= 15 is 0 Å². The van der Waals surface area contributed by atoms with E-state index in [1.54, 1.807) is 35.3 Å². The molecule has 3 saturated heterocycles. The van der Waals surface area contributed by atoms with Crippen LogP contribution in [-0.4, -0.2) is 129 Å². The molecule has 0 aliphatic carbocycles. The van der Waals surface area contributed by atoms with E-state index in [-0.39, 0.29) is 16.7 Å². The number of carbonyl (C=O) groups excluding carboxylic acids is 6. The fraction of sp³-hybridized carbons (Fsp3) is 0.600. The van der Waals surface area contributed by atoms with Crippen LogP contribution in [0.3, 0.4) is 0 Å². The normalized spacial score (nSPS) is 19.9. The van der Waals surface area contributed by atoms with Crippen LogP contribution in [0.5, 0.6) is 0 Å². The second-order valence-corrected chi connectivity index (χ2v) is 13.1. The Balaban J connectivity index is 0.000000360. The molecule has 0 bridgehead atoms. The minimum Gasteiger partial charge on any atom is -0.450 e. The summed E-state index contributed by atoms with van der Waals surface area (Å²) in [5, 5.41) is 0. The van der Waals surface area contributed by atoms with Crippen LogP contribution in [0, 0.1) is 0 Å². The van der Waals surface area contributed by atoms with E-state index in [9.17, 15) is 28.8 Å². The zero-order valence-corrected chi connectivity index (χ0v) is 29.6. The first kappa shape index (κ1) is 43.0. The van der Waals surface area contributed by atoms with E-state index in [1.807, 2.05) is 0 Å². The Bertz CT molecular complexity index is 987. The zero-order valence-electron chi connectivity index (χ0n) is 27.2. The summed E-state index contributed by atoms with van der Waals surface area (Å²) in [5.74, 6) is 0.908. The van der Waals surface area contributed by atoms with E-state index < -0.39 is 74.5 Å². The number of hydrogen-bond acceptors (Lipinski definition) is 18. The maximum Gasteiger partial charge on any atom is 0.346 e. The molecule has 3 rings (SSSR count). The standard InChI is InChI=1S/3C10H14O5S/c3*1-7(2)10(12)14-5-8(11)15-9-6-16-4-3-13-9/h3*9H,1,3-6H2,2H3. The zero-order chi connectivity index (χ0) is 35.9. The van der Waals surface area contributed by atoms with Crippen molar-refractivity contribution in [3.8, 4) is 0 Å². The number of ether oxygens (including phenoxy) is 9. The lowest BCUT2D eigenvalue weighted by molar-refractivity contribution is -0.180. The van der Waals surface area contributed by atoms with Crippen molar-refractivity contribution < 1.29 is 71.4 Å². The summed E-state index contributed by atoms with van der Waals surface area (Å²) in [6, 6.07) is 0. The Morgan fingerprint density at radius 1 is 0.521 bits per heavy atom. The van der Waals surface area contributed by atoms with Crippen molar-refractivity contribution in [3.05, 3.63) is 36.5 Å². The molecular formula is C30H42O15S3. The third-order valence-corrected chi connectivity index (χ3v) is 8.04. The highest BCUT2D eigenvalue weighted by Gasteiger charge is 2.21. The van der Waals surface area contributed by atoms with Gasteiger partial charge in [0.2, 0.25) is 18.9 Å². The van der Waals surface area contributed by atoms with Crippen molar-refractivity contribution in [1.82, 2.24) is 0 Å².